The average molecular weight is 315 g/mol. The topological polar surface area (TPSA) is 94.9 Å². The van der Waals surface area contributed by atoms with E-state index < -0.39 is 16.1 Å². The van der Waals surface area contributed by atoms with E-state index in [0.29, 0.717) is 6.42 Å². The molecular formula is C14H21NO5S. The first-order valence-electron chi connectivity index (χ1n) is 6.89. The number of carboxylic acids is 1. The molecule has 0 aromatic heterocycles. The van der Waals surface area contributed by atoms with Gasteiger partial charge in [0.2, 0.25) is 0 Å². The van der Waals surface area contributed by atoms with Gasteiger partial charge in [0.15, 0.2) is 0 Å². The van der Waals surface area contributed by atoms with E-state index in [9.17, 15) is 13.2 Å². The molecule has 2 N–H and O–H groups in total. The number of rotatable bonds is 9. The second kappa shape index (κ2) is 7.99. The maximum absolute atomic E-state index is 11.0. The molecule has 0 aliphatic rings. The summed E-state index contributed by atoms with van der Waals surface area (Å²) in [6.07, 6.45) is 2.57. The van der Waals surface area contributed by atoms with Crippen LogP contribution in [0.5, 0.6) is 0 Å². The molecule has 0 aliphatic heterocycles. The van der Waals surface area contributed by atoms with Gasteiger partial charge in [-0.2, -0.15) is 8.42 Å². The number of hydrogen-bond acceptors (Lipinski definition) is 4. The Balaban J connectivity index is 2.54. The highest BCUT2D eigenvalue weighted by molar-refractivity contribution is 7.85. The van der Waals surface area contributed by atoms with E-state index in [2.05, 4.69) is 4.90 Å². The molecule has 0 amide bonds. The molecular weight excluding hydrogens is 294 g/mol. The Kier molecular flexibility index (Phi) is 6.64. The lowest BCUT2D eigenvalue weighted by Crippen LogP contribution is -2.23. The van der Waals surface area contributed by atoms with Crippen molar-refractivity contribution in [1.82, 2.24) is 0 Å². The summed E-state index contributed by atoms with van der Waals surface area (Å²) in [5.74, 6) is -0.775. The van der Waals surface area contributed by atoms with Gasteiger partial charge < -0.3 is 10.0 Å². The maximum Gasteiger partial charge on any atom is 0.303 e. The number of aliphatic carboxylic acids is 1. The molecule has 21 heavy (non-hydrogen) atoms. The third kappa shape index (κ3) is 6.14. The fourth-order valence-electron chi connectivity index (χ4n) is 2.05. The van der Waals surface area contributed by atoms with E-state index >= 15 is 0 Å². The molecule has 1 aromatic carbocycles. The monoisotopic (exact) mass is 315 g/mol. The number of hydrogen-bond donors (Lipinski definition) is 2. The Labute approximate surface area is 125 Å². The van der Waals surface area contributed by atoms with Crippen molar-refractivity contribution in [3.63, 3.8) is 0 Å². The van der Waals surface area contributed by atoms with Crippen LogP contribution in [0.3, 0.4) is 0 Å². The first-order valence-corrected chi connectivity index (χ1v) is 8.33. The molecule has 0 radical (unpaired) electrons. The minimum Gasteiger partial charge on any atom is -0.481 e. The summed E-state index contributed by atoms with van der Waals surface area (Å²) in [6.45, 7) is 3.54. The van der Waals surface area contributed by atoms with Crippen molar-refractivity contribution < 1.29 is 22.9 Å². The van der Waals surface area contributed by atoms with Crippen molar-refractivity contribution in [2.24, 2.45) is 0 Å². The van der Waals surface area contributed by atoms with Crippen LogP contribution in [0, 0.1) is 0 Å². The first kappa shape index (κ1) is 17.5. The Morgan fingerprint density at radius 1 is 1.14 bits per heavy atom. The molecule has 0 saturated heterocycles. The summed E-state index contributed by atoms with van der Waals surface area (Å²) >= 11 is 0. The summed E-state index contributed by atoms with van der Waals surface area (Å²) in [5.41, 5.74) is 0.878. The van der Waals surface area contributed by atoms with Crippen LogP contribution in [0.25, 0.3) is 0 Å². The molecule has 0 spiro atoms. The lowest BCUT2D eigenvalue weighted by molar-refractivity contribution is -0.137. The van der Waals surface area contributed by atoms with E-state index in [1.54, 1.807) is 12.1 Å². The minimum atomic E-state index is -4.16. The third-order valence-electron chi connectivity index (χ3n) is 3.20. The number of carbonyl (C=O) groups is 1. The molecule has 1 rings (SSSR count). The van der Waals surface area contributed by atoms with E-state index in [1.165, 1.54) is 12.1 Å². The highest BCUT2D eigenvalue weighted by Crippen LogP contribution is 2.18. The smallest absolute Gasteiger partial charge is 0.303 e. The molecule has 0 saturated carbocycles. The zero-order valence-corrected chi connectivity index (χ0v) is 12.8. The van der Waals surface area contributed by atoms with Gasteiger partial charge in [0.1, 0.15) is 0 Å². The largest absolute Gasteiger partial charge is 0.481 e. The fraction of sp³-hybridized carbons (Fsp3) is 0.500. The van der Waals surface area contributed by atoms with Gasteiger partial charge in [0.05, 0.1) is 4.90 Å². The van der Waals surface area contributed by atoms with Crippen LogP contribution in [0.4, 0.5) is 5.69 Å². The number of anilines is 1. The van der Waals surface area contributed by atoms with Gasteiger partial charge in [-0.15, -0.1) is 0 Å². The zero-order valence-electron chi connectivity index (χ0n) is 12.0. The molecule has 1 aromatic rings. The van der Waals surface area contributed by atoms with E-state index in [-0.39, 0.29) is 11.3 Å². The van der Waals surface area contributed by atoms with Crippen LogP contribution in [0.1, 0.15) is 32.6 Å². The van der Waals surface area contributed by atoms with Crippen molar-refractivity contribution in [3.8, 4) is 0 Å². The van der Waals surface area contributed by atoms with Crippen LogP contribution in [-0.2, 0) is 14.9 Å². The predicted molar refractivity (Wildman–Crippen MR) is 80.2 cm³/mol. The first-order chi connectivity index (χ1) is 9.84. The second-order valence-corrected chi connectivity index (χ2v) is 6.17. The number of nitrogens with zero attached hydrogens (tertiary/aromatic N) is 1. The maximum atomic E-state index is 11.0. The zero-order chi connectivity index (χ0) is 15.9. The van der Waals surface area contributed by atoms with Crippen molar-refractivity contribution in [3.05, 3.63) is 24.3 Å². The number of benzene rings is 1. The predicted octanol–water partition coefficient (Wildman–Crippen LogP) is 2.40. The summed E-state index contributed by atoms with van der Waals surface area (Å²) in [4.78, 5) is 12.4. The molecule has 7 heteroatoms. The molecule has 0 fully saturated rings. The lowest BCUT2D eigenvalue weighted by Gasteiger charge is -2.23. The van der Waals surface area contributed by atoms with Crippen LogP contribution in [0.15, 0.2) is 29.2 Å². The van der Waals surface area contributed by atoms with E-state index in [0.717, 1.165) is 31.6 Å². The van der Waals surface area contributed by atoms with Gasteiger partial charge >= 0.3 is 5.97 Å². The van der Waals surface area contributed by atoms with Crippen LogP contribution in [-0.4, -0.2) is 37.1 Å². The SMILES string of the molecule is CCN(CCCCCC(=O)O)c1ccc(S(=O)(=O)O)cc1. The molecule has 0 heterocycles. The quantitative estimate of drug-likeness (QED) is 0.537. The summed E-state index contributed by atoms with van der Waals surface area (Å²) in [5, 5.41) is 8.56. The highest BCUT2D eigenvalue weighted by atomic mass is 32.2. The van der Waals surface area contributed by atoms with Crippen molar-refractivity contribution in [2.45, 2.75) is 37.5 Å². The Morgan fingerprint density at radius 2 is 1.76 bits per heavy atom. The van der Waals surface area contributed by atoms with Crippen molar-refractivity contribution in [1.29, 1.82) is 0 Å². The Morgan fingerprint density at radius 3 is 2.24 bits per heavy atom. The van der Waals surface area contributed by atoms with E-state index in [4.69, 9.17) is 9.66 Å². The average Bonchev–Trinajstić information content (AvgIpc) is 2.42. The van der Waals surface area contributed by atoms with Crippen molar-refractivity contribution >= 4 is 21.8 Å². The van der Waals surface area contributed by atoms with Gasteiger partial charge in [0, 0.05) is 25.2 Å². The standard InChI is InChI=1S/C14H21NO5S/c1-2-15(11-5-3-4-6-14(16)17)12-7-9-13(10-8-12)21(18,19)20/h7-10H,2-6,11H2,1H3,(H,16,17)(H,18,19,20). The minimum absolute atomic E-state index is 0.122. The second-order valence-electron chi connectivity index (χ2n) is 4.75. The Bertz CT molecular complexity index is 553. The number of unbranched alkanes of at least 4 members (excludes halogenated alkanes) is 2. The molecule has 0 atom stereocenters. The van der Waals surface area contributed by atoms with E-state index in [1.807, 2.05) is 6.92 Å². The fourth-order valence-corrected chi connectivity index (χ4v) is 2.53. The summed E-state index contributed by atoms with van der Waals surface area (Å²) in [7, 11) is -4.16. The van der Waals surface area contributed by atoms with Crippen LogP contribution in [0.2, 0.25) is 0 Å². The highest BCUT2D eigenvalue weighted by Gasteiger charge is 2.10. The van der Waals surface area contributed by atoms with Gasteiger partial charge in [-0.1, -0.05) is 6.42 Å². The molecule has 0 bridgehead atoms. The summed E-state index contributed by atoms with van der Waals surface area (Å²) in [6, 6.07) is 6.06. The van der Waals surface area contributed by atoms with Gasteiger partial charge in [-0.05, 0) is 44.0 Å². The van der Waals surface area contributed by atoms with Crippen molar-refractivity contribution in [2.75, 3.05) is 18.0 Å². The molecule has 6 nitrogen and oxygen atoms in total. The lowest BCUT2D eigenvalue weighted by atomic mass is 10.2. The number of carboxylic acid groups (broad SMARTS) is 1. The van der Waals surface area contributed by atoms with Crippen LogP contribution < -0.4 is 4.90 Å². The van der Waals surface area contributed by atoms with Gasteiger partial charge in [0.25, 0.3) is 10.1 Å². The molecule has 0 aliphatic carbocycles. The van der Waals surface area contributed by atoms with Gasteiger partial charge in [-0.25, -0.2) is 0 Å². The summed E-state index contributed by atoms with van der Waals surface area (Å²) < 4.78 is 30.9. The van der Waals surface area contributed by atoms with Crippen LogP contribution >= 0.6 is 0 Å². The molecule has 0 unspecified atom stereocenters. The normalized spacial score (nSPS) is 11.3. The van der Waals surface area contributed by atoms with Gasteiger partial charge in [-0.3, -0.25) is 9.35 Å². The third-order valence-corrected chi connectivity index (χ3v) is 4.07. The molecule has 118 valence electrons. The Hall–Kier alpha value is -1.60.